The van der Waals surface area contributed by atoms with Gasteiger partial charge in [0.05, 0.1) is 13.2 Å². The van der Waals surface area contributed by atoms with E-state index < -0.39 is 0 Å². The number of methoxy groups -OCH3 is 1. The van der Waals surface area contributed by atoms with E-state index in [1.165, 1.54) is 24.1 Å². The van der Waals surface area contributed by atoms with E-state index in [4.69, 9.17) is 9.47 Å². The minimum atomic E-state index is 0.277. The number of benzene rings is 2. The van der Waals surface area contributed by atoms with Crippen LogP contribution in [-0.2, 0) is 6.42 Å². The molecule has 32 heavy (non-hydrogen) atoms. The maximum Gasteiger partial charge on any atom is 0.163 e. The second-order valence-corrected chi connectivity index (χ2v) is 9.12. The highest BCUT2D eigenvalue weighted by Gasteiger charge is 2.28. The van der Waals surface area contributed by atoms with Gasteiger partial charge in [0.15, 0.2) is 11.5 Å². The first kappa shape index (κ1) is 22.9. The molecule has 2 fully saturated rings. The van der Waals surface area contributed by atoms with Crippen molar-refractivity contribution in [3.63, 3.8) is 0 Å². The fourth-order valence-corrected chi connectivity index (χ4v) is 5.07. The zero-order chi connectivity index (χ0) is 22.2. The predicted molar refractivity (Wildman–Crippen MR) is 130 cm³/mol. The number of aliphatic hydroxyl groups excluding tert-OH is 1. The van der Waals surface area contributed by atoms with Crippen LogP contribution >= 0.6 is 0 Å². The van der Waals surface area contributed by atoms with Crippen LogP contribution in [0.3, 0.4) is 0 Å². The van der Waals surface area contributed by atoms with Crippen LogP contribution in [0.25, 0.3) is 0 Å². The second kappa shape index (κ2) is 11.6. The molecule has 1 saturated heterocycles. The Hall–Kier alpha value is -2.24. The summed E-state index contributed by atoms with van der Waals surface area (Å²) in [5.41, 5.74) is 2.60. The van der Waals surface area contributed by atoms with Crippen molar-refractivity contribution in [3.8, 4) is 11.5 Å². The van der Waals surface area contributed by atoms with Gasteiger partial charge in [-0.2, -0.15) is 0 Å². The van der Waals surface area contributed by atoms with Crippen molar-refractivity contribution in [1.29, 1.82) is 0 Å². The number of unbranched alkanes of at least 4 members (excludes halogenated alkanes) is 1. The molecule has 2 aromatic carbocycles. The average molecular weight is 439 g/mol. The molecule has 5 heteroatoms. The summed E-state index contributed by atoms with van der Waals surface area (Å²) < 4.78 is 12.0. The zero-order valence-electron chi connectivity index (χ0n) is 19.4. The summed E-state index contributed by atoms with van der Waals surface area (Å²) >= 11 is 0. The molecular weight excluding hydrogens is 400 g/mol. The van der Waals surface area contributed by atoms with Crippen LogP contribution in [0.4, 0.5) is 5.69 Å². The van der Waals surface area contributed by atoms with Crippen LogP contribution in [-0.4, -0.2) is 62.0 Å². The zero-order valence-corrected chi connectivity index (χ0v) is 19.4. The molecule has 0 spiro atoms. The molecule has 2 aromatic rings. The molecule has 1 atom stereocenters. The van der Waals surface area contributed by atoms with Crippen molar-refractivity contribution >= 4 is 5.69 Å². The molecule has 1 N–H and O–H groups in total. The first-order chi connectivity index (χ1) is 15.8. The molecular formula is C27H38N2O3. The topological polar surface area (TPSA) is 45.2 Å². The number of hydrogen-bond donors (Lipinski definition) is 1. The molecule has 1 heterocycles. The molecule has 0 bridgehead atoms. The molecule has 1 aliphatic carbocycles. The number of rotatable bonds is 10. The normalized spacial score (nSPS) is 19.9. The molecule has 1 aliphatic heterocycles. The molecule has 4 rings (SSSR count). The van der Waals surface area contributed by atoms with E-state index >= 15 is 0 Å². The SMILES string of the molecule is COc1ccc(N2CCN(CCCCO)[C@@H](Cc3ccccc3)C2)cc1OC1CCCC1. The average Bonchev–Trinajstić information content (AvgIpc) is 3.34. The summed E-state index contributed by atoms with van der Waals surface area (Å²) in [5, 5.41) is 9.21. The van der Waals surface area contributed by atoms with Gasteiger partial charge in [0, 0.05) is 44.0 Å². The molecule has 0 amide bonds. The minimum Gasteiger partial charge on any atom is -0.493 e. The fourth-order valence-electron chi connectivity index (χ4n) is 5.07. The molecule has 174 valence electrons. The van der Waals surface area contributed by atoms with Crippen LogP contribution in [0, 0.1) is 0 Å². The Kier molecular flexibility index (Phi) is 8.30. The Morgan fingerprint density at radius 2 is 1.78 bits per heavy atom. The van der Waals surface area contributed by atoms with Gasteiger partial charge in [-0.25, -0.2) is 0 Å². The summed E-state index contributed by atoms with van der Waals surface area (Å²) in [7, 11) is 1.72. The van der Waals surface area contributed by atoms with E-state index in [0.717, 1.165) is 69.8 Å². The van der Waals surface area contributed by atoms with Crippen LogP contribution in [0.2, 0.25) is 0 Å². The lowest BCUT2D eigenvalue weighted by atomic mass is 10.0. The van der Waals surface area contributed by atoms with Gasteiger partial charge in [-0.1, -0.05) is 30.3 Å². The Labute approximate surface area is 192 Å². The number of anilines is 1. The van der Waals surface area contributed by atoms with E-state index in [9.17, 15) is 5.11 Å². The Bertz CT molecular complexity index is 823. The maximum absolute atomic E-state index is 9.21. The number of hydrogen-bond acceptors (Lipinski definition) is 5. The van der Waals surface area contributed by atoms with Crippen LogP contribution in [0.15, 0.2) is 48.5 Å². The van der Waals surface area contributed by atoms with Gasteiger partial charge in [0.1, 0.15) is 0 Å². The molecule has 5 nitrogen and oxygen atoms in total. The van der Waals surface area contributed by atoms with Gasteiger partial charge < -0.3 is 19.5 Å². The monoisotopic (exact) mass is 438 g/mol. The van der Waals surface area contributed by atoms with Gasteiger partial charge in [-0.3, -0.25) is 4.90 Å². The summed E-state index contributed by atoms with van der Waals surface area (Å²) in [6.45, 7) is 4.35. The first-order valence-electron chi connectivity index (χ1n) is 12.3. The Balaban J connectivity index is 1.49. The maximum atomic E-state index is 9.21. The largest absolute Gasteiger partial charge is 0.493 e. The molecule has 0 aromatic heterocycles. The van der Waals surface area contributed by atoms with E-state index in [1.54, 1.807) is 7.11 Å². The Morgan fingerprint density at radius 1 is 0.969 bits per heavy atom. The van der Waals surface area contributed by atoms with Gasteiger partial charge in [0.25, 0.3) is 0 Å². The van der Waals surface area contributed by atoms with Crippen molar-refractivity contribution in [2.75, 3.05) is 44.8 Å². The lowest BCUT2D eigenvalue weighted by Gasteiger charge is -2.43. The van der Waals surface area contributed by atoms with Crippen molar-refractivity contribution in [2.24, 2.45) is 0 Å². The quantitative estimate of drug-likeness (QED) is 0.553. The van der Waals surface area contributed by atoms with Crippen molar-refractivity contribution in [1.82, 2.24) is 4.90 Å². The van der Waals surface area contributed by atoms with Crippen LogP contribution in [0.1, 0.15) is 44.1 Å². The van der Waals surface area contributed by atoms with Gasteiger partial charge in [-0.15, -0.1) is 0 Å². The fraction of sp³-hybridized carbons (Fsp3) is 0.556. The molecule has 2 aliphatic rings. The second-order valence-electron chi connectivity index (χ2n) is 9.12. The molecule has 0 unspecified atom stereocenters. The van der Waals surface area contributed by atoms with Crippen LogP contribution in [0.5, 0.6) is 11.5 Å². The van der Waals surface area contributed by atoms with Crippen molar-refractivity contribution < 1.29 is 14.6 Å². The highest BCUT2D eigenvalue weighted by molar-refractivity contribution is 5.57. The number of nitrogens with zero attached hydrogens (tertiary/aromatic N) is 2. The number of piperazine rings is 1. The predicted octanol–water partition coefficient (Wildman–Crippen LogP) is 4.52. The molecule has 1 saturated carbocycles. The molecule has 0 radical (unpaired) electrons. The van der Waals surface area contributed by atoms with E-state index in [0.29, 0.717) is 12.1 Å². The number of ether oxygens (including phenoxy) is 2. The highest BCUT2D eigenvalue weighted by Crippen LogP contribution is 2.35. The third-order valence-electron chi connectivity index (χ3n) is 6.88. The summed E-state index contributed by atoms with van der Waals surface area (Å²) in [6.07, 6.45) is 8.06. The lowest BCUT2D eigenvalue weighted by Crippen LogP contribution is -2.54. The van der Waals surface area contributed by atoms with Gasteiger partial charge in [0.2, 0.25) is 0 Å². The van der Waals surface area contributed by atoms with Crippen molar-refractivity contribution in [2.45, 2.75) is 57.1 Å². The smallest absolute Gasteiger partial charge is 0.163 e. The van der Waals surface area contributed by atoms with Crippen LogP contribution < -0.4 is 14.4 Å². The van der Waals surface area contributed by atoms with Crippen molar-refractivity contribution in [3.05, 3.63) is 54.1 Å². The number of aliphatic hydroxyl groups is 1. The first-order valence-corrected chi connectivity index (χ1v) is 12.3. The minimum absolute atomic E-state index is 0.277. The van der Waals surface area contributed by atoms with E-state index in [2.05, 4.69) is 58.3 Å². The summed E-state index contributed by atoms with van der Waals surface area (Å²) in [4.78, 5) is 5.11. The van der Waals surface area contributed by atoms with E-state index in [-0.39, 0.29) is 6.61 Å². The lowest BCUT2D eigenvalue weighted by molar-refractivity contribution is 0.166. The van der Waals surface area contributed by atoms with Gasteiger partial charge >= 0.3 is 0 Å². The standard InChI is InChI=1S/C27H38N2O3/c1-31-26-14-13-23(20-27(26)32-25-11-5-6-12-25)29-17-16-28(15-7-8-18-30)24(21-29)19-22-9-3-2-4-10-22/h2-4,9-10,13-14,20,24-25,30H,5-8,11-12,15-19,21H2,1H3/t24-/m0/s1. The highest BCUT2D eigenvalue weighted by atomic mass is 16.5. The van der Waals surface area contributed by atoms with E-state index in [1.807, 2.05) is 0 Å². The van der Waals surface area contributed by atoms with Gasteiger partial charge in [-0.05, 0) is 69.2 Å². The Morgan fingerprint density at radius 3 is 2.53 bits per heavy atom. The summed E-state index contributed by atoms with van der Waals surface area (Å²) in [6, 6.07) is 17.6. The third-order valence-corrected chi connectivity index (χ3v) is 6.88. The summed E-state index contributed by atoms with van der Waals surface area (Å²) in [5.74, 6) is 1.70. The third kappa shape index (κ3) is 5.96.